The molecule has 86 valence electrons. The van der Waals surface area contributed by atoms with Crippen LogP contribution in [0, 0.1) is 19.1 Å². The Hall–Kier alpha value is -1.93. The molecular weight excluding hydrogens is 238 g/mol. The van der Waals surface area contributed by atoms with Gasteiger partial charge in [-0.1, -0.05) is 48.5 Å². The maximum Gasteiger partial charge on any atom is 0.124 e. The third-order valence-corrected chi connectivity index (χ3v) is 4.00. The normalized spacial score (nSPS) is 10.5. The number of benzene rings is 2. The number of hydrogen-bond donors (Lipinski definition) is 0. The first-order valence-electron chi connectivity index (χ1n) is 5.75. The average molecular weight is 249 g/mol. The van der Waals surface area contributed by atoms with Crippen molar-refractivity contribution in [1.82, 2.24) is 4.98 Å². The molecule has 0 aliphatic carbocycles. The van der Waals surface area contributed by atoms with Crippen molar-refractivity contribution >= 4 is 11.3 Å². The molecule has 0 saturated carbocycles. The molecule has 0 amide bonds. The zero-order valence-electron chi connectivity index (χ0n) is 9.97. The summed E-state index contributed by atoms with van der Waals surface area (Å²) in [5.74, 6) is 0. The minimum absolute atomic E-state index is 1.06. The molecule has 2 radical (unpaired) electrons. The van der Waals surface area contributed by atoms with Crippen LogP contribution in [-0.2, 0) is 0 Å². The van der Waals surface area contributed by atoms with Gasteiger partial charge in [-0.3, -0.25) is 0 Å². The van der Waals surface area contributed by atoms with E-state index < -0.39 is 0 Å². The lowest BCUT2D eigenvalue weighted by Crippen LogP contribution is -1.77. The molecule has 0 spiro atoms. The van der Waals surface area contributed by atoms with E-state index in [4.69, 9.17) is 0 Å². The lowest BCUT2D eigenvalue weighted by atomic mass is 10.2. The van der Waals surface area contributed by atoms with Gasteiger partial charge in [-0.2, -0.15) is 0 Å². The van der Waals surface area contributed by atoms with Crippen molar-refractivity contribution in [2.75, 3.05) is 0 Å². The van der Waals surface area contributed by atoms with E-state index in [-0.39, 0.29) is 0 Å². The van der Waals surface area contributed by atoms with Crippen molar-refractivity contribution in [1.29, 1.82) is 0 Å². The standard InChI is InChI=1S/C16H11NS/c1-12-15(13-8-4-2-5-9-13)18-16(17-12)14-10-6-3-7-11-14/h4-11H,1H3. The van der Waals surface area contributed by atoms with Gasteiger partial charge in [-0.15, -0.1) is 11.3 Å². The van der Waals surface area contributed by atoms with Crippen molar-refractivity contribution in [3.63, 3.8) is 0 Å². The van der Waals surface area contributed by atoms with E-state index in [2.05, 4.69) is 36.2 Å². The number of thiazole rings is 1. The van der Waals surface area contributed by atoms with Crippen LogP contribution in [0.25, 0.3) is 21.0 Å². The minimum Gasteiger partial charge on any atom is -0.241 e. The van der Waals surface area contributed by atoms with Crippen LogP contribution in [0.3, 0.4) is 0 Å². The van der Waals surface area contributed by atoms with Crippen LogP contribution in [0.2, 0.25) is 0 Å². The number of rotatable bonds is 2. The average Bonchev–Trinajstić information content (AvgIpc) is 2.83. The summed E-state index contributed by atoms with van der Waals surface area (Å²) in [5, 5.41) is 1.06. The Morgan fingerprint density at radius 1 is 0.889 bits per heavy atom. The molecule has 3 aromatic rings. The van der Waals surface area contributed by atoms with Crippen LogP contribution in [0.15, 0.2) is 48.5 Å². The Morgan fingerprint density at radius 3 is 2.06 bits per heavy atom. The van der Waals surface area contributed by atoms with Gasteiger partial charge < -0.3 is 0 Å². The highest BCUT2D eigenvalue weighted by Gasteiger charge is 2.10. The topological polar surface area (TPSA) is 12.9 Å². The van der Waals surface area contributed by atoms with Gasteiger partial charge in [0.15, 0.2) is 0 Å². The van der Waals surface area contributed by atoms with Gasteiger partial charge in [0.2, 0.25) is 0 Å². The van der Waals surface area contributed by atoms with E-state index in [0.29, 0.717) is 0 Å². The summed E-state index contributed by atoms with van der Waals surface area (Å²) < 4.78 is 0. The molecule has 2 aromatic carbocycles. The smallest absolute Gasteiger partial charge is 0.124 e. The van der Waals surface area contributed by atoms with Gasteiger partial charge in [-0.25, -0.2) is 4.98 Å². The monoisotopic (exact) mass is 249 g/mol. The molecule has 0 fully saturated rings. The Morgan fingerprint density at radius 2 is 1.44 bits per heavy atom. The molecule has 0 atom stereocenters. The number of aryl methyl sites for hydroxylation is 1. The summed E-state index contributed by atoms with van der Waals surface area (Å²) in [6.45, 7) is 2.06. The first kappa shape index (κ1) is 11.2. The lowest BCUT2D eigenvalue weighted by molar-refractivity contribution is 1.27. The Kier molecular flexibility index (Phi) is 2.95. The summed E-state index contributed by atoms with van der Waals surface area (Å²) in [6, 6.07) is 22.0. The highest BCUT2D eigenvalue weighted by Crippen LogP contribution is 2.34. The van der Waals surface area contributed by atoms with E-state index in [9.17, 15) is 0 Å². The number of aromatic nitrogens is 1. The molecule has 0 bridgehead atoms. The van der Waals surface area contributed by atoms with Crippen LogP contribution in [0.5, 0.6) is 0 Å². The first-order chi connectivity index (χ1) is 8.84. The zero-order chi connectivity index (χ0) is 12.4. The van der Waals surface area contributed by atoms with E-state index in [1.807, 2.05) is 36.4 Å². The Bertz CT molecular complexity index is 641. The summed E-state index contributed by atoms with van der Waals surface area (Å²) >= 11 is 1.73. The molecule has 1 heterocycles. The van der Waals surface area contributed by atoms with Crippen LogP contribution in [-0.4, -0.2) is 4.98 Å². The number of hydrogen-bond acceptors (Lipinski definition) is 2. The summed E-state index contributed by atoms with van der Waals surface area (Å²) in [7, 11) is 0. The highest BCUT2D eigenvalue weighted by molar-refractivity contribution is 7.18. The predicted molar refractivity (Wildman–Crippen MR) is 75.4 cm³/mol. The predicted octanol–water partition coefficient (Wildman–Crippen LogP) is 4.39. The van der Waals surface area contributed by atoms with Gasteiger partial charge >= 0.3 is 0 Å². The van der Waals surface area contributed by atoms with Gasteiger partial charge in [0.05, 0.1) is 10.6 Å². The van der Waals surface area contributed by atoms with Crippen molar-refractivity contribution < 1.29 is 0 Å². The van der Waals surface area contributed by atoms with Gasteiger partial charge in [0.25, 0.3) is 0 Å². The third kappa shape index (κ3) is 2.07. The van der Waals surface area contributed by atoms with Crippen molar-refractivity contribution in [3.8, 4) is 21.0 Å². The van der Waals surface area contributed by atoms with E-state index >= 15 is 0 Å². The molecule has 0 aliphatic rings. The van der Waals surface area contributed by atoms with E-state index in [1.54, 1.807) is 11.3 Å². The number of nitrogens with zero attached hydrogens (tertiary/aromatic N) is 1. The van der Waals surface area contributed by atoms with Gasteiger partial charge in [-0.05, 0) is 24.6 Å². The molecule has 1 aromatic heterocycles. The second-order valence-corrected chi connectivity index (χ2v) is 5.01. The molecular formula is C16H11NS. The molecule has 18 heavy (non-hydrogen) atoms. The molecule has 0 saturated heterocycles. The summed E-state index contributed by atoms with van der Waals surface area (Å²) in [4.78, 5) is 5.88. The fourth-order valence-electron chi connectivity index (χ4n) is 1.86. The quantitative estimate of drug-likeness (QED) is 0.656. The largest absolute Gasteiger partial charge is 0.241 e. The molecule has 1 nitrogen and oxygen atoms in total. The van der Waals surface area contributed by atoms with Gasteiger partial charge in [0.1, 0.15) is 5.01 Å². The van der Waals surface area contributed by atoms with E-state index in [0.717, 1.165) is 16.3 Å². The first-order valence-corrected chi connectivity index (χ1v) is 6.56. The molecule has 3 rings (SSSR count). The fourth-order valence-corrected chi connectivity index (χ4v) is 2.93. The SMILES string of the molecule is Cc1nc(-c2cc[c]cc2)sc1-c1cc[c]cc1. The fraction of sp³-hybridized carbons (Fsp3) is 0.0625. The van der Waals surface area contributed by atoms with Crippen LogP contribution in [0.1, 0.15) is 5.69 Å². The molecule has 0 aliphatic heterocycles. The van der Waals surface area contributed by atoms with Crippen molar-refractivity contribution in [2.45, 2.75) is 6.92 Å². The Labute approximate surface area is 111 Å². The Balaban J connectivity index is 2.07. The molecule has 0 N–H and O–H groups in total. The van der Waals surface area contributed by atoms with Crippen LogP contribution in [0.4, 0.5) is 0 Å². The highest BCUT2D eigenvalue weighted by atomic mass is 32.1. The lowest BCUT2D eigenvalue weighted by Gasteiger charge is -1.96. The van der Waals surface area contributed by atoms with E-state index in [1.165, 1.54) is 10.4 Å². The van der Waals surface area contributed by atoms with Crippen LogP contribution < -0.4 is 0 Å². The maximum atomic E-state index is 4.65. The minimum atomic E-state index is 1.06. The summed E-state index contributed by atoms with van der Waals surface area (Å²) in [5.41, 5.74) is 3.43. The maximum absolute atomic E-state index is 4.65. The van der Waals surface area contributed by atoms with Crippen molar-refractivity contribution in [2.24, 2.45) is 0 Å². The summed E-state index contributed by atoms with van der Waals surface area (Å²) in [6.07, 6.45) is 0. The second-order valence-electron chi connectivity index (χ2n) is 4.01. The molecule has 0 unspecified atom stereocenters. The van der Waals surface area contributed by atoms with Gasteiger partial charge in [0, 0.05) is 5.56 Å². The second kappa shape index (κ2) is 4.75. The third-order valence-electron chi connectivity index (χ3n) is 2.74. The van der Waals surface area contributed by atoms with Crippen molar-refractivity contribution in [3.05, 3.63) is 66.4 Å². The van der Waals surface area contributed by atoms with Crippen LogP contribution >= 0.6 is 11.3 Å². The molecule has 2 heteroatoms. The zero-order valence-corrected chi connectivity index (χ0v) is 10.8.